The molecule has 4 aromatic rings. The van der Waals surface area contributed by atoms with Crippen LogP contribution in [0.15, 0.2) is 78.9 Å². The fourth-order valence-corrected chi connectivity index (χ4v) is 3.33. The highest BCUT2D eigenvalue weighted by atomic mass is 35.5. The number of aromatic nitrogens is 1. The molecular formula is C22H16ClN. The number of halogens is 1. The van der Waals surface area contributed by atoms with Gasteiger partial charge in [0.05, 0.1) is 11.2 Å². The van der Waals surface area contributed by atoms with Crippen LogP contribution in [-0.2, 0) is 0 Å². The van der Waals surface area contributed by atoms with Crippen molar-refractivity contribution in [1.82, 2.24) is 4.98 Å². The monoisotopic (exact) mass is 329 g/mol. The highest BCUT2D eigenvalue weighted by molar-refractivity contribution is 6.31. The highest BCUT2D eigenvalue weighted by Gasteiger charge is 2.15. The second kappa shape index (κ2) is 6.10. The van der Waals surface area contributed by atoms with Crippen LogP contribution in [0.3, 0.4) is 0 Å². The molecule has 0 unspecified atom stereocenters. The van der Waals surface area contributed by atoms with Crippen molar-refractivity contribution in [3.05, 3.63) is 89.4 Å². The molecule has 0 aliphatic rings. The molecule has 0 spiro atoms. The fraction of sp³-hybridized carbons (Fsp3) is 0.0455. The minimum absolute atomic E-state index is 0.735. The number of rotatable bonds is 2. The van der Waals surface area contributed by atoms with Crippen LogP contribution in [0.2, 0.25) is 5.02 Å². The van der Waals surface area contributed by atoms with E-state index in [0.717, 1.165) is 32.7 Å². The second-order valence-electron chi connectivity index (χ2n) is 5.85. The van der Waals surface area contributed by atoms with Crippen molar-refractivity contribution < 1.29 is 0 Å². The van der Waals surface area contributed by atoms with Gasteiger partial charge in [0.25, 0.3) is 0 Å². The number of nitrogens with zero attached hydrogens (tertiary/aromatic N) is 1. The molecule has 0 N–H and O–H groups in total. The zero-order valence-corrected chi connectivity index (χ0v) is 14.1. The number of hydrogen-bond acceptors (Lipinski definition) is 1. The normalized spacial score (nSPS) is 10.9. The molecule has 1 nitrogen and oxygen atoms in total. The van der Waals surface area contributed by atoms with Crippen LogP contribution < -0.4 is 0 Å². The molecule has 3 aromatic carbocycles. The molecule has 0 atom stereocenters. The Morgan fingerprint density at radius 2 is 1.38 bits per heavy atom. The minimum atomic E-state index is 0.735. The van der Waals surface area contributed by atoms with Gasteiger partial charge in [-0.15, -0.1) is 0 Å². The van der Waals surface area contributed by atoms with E-state index in [0.29, 0.717) is 0 Å². The molecule has 0 radical (unpaired) electrons. The largest absolute Gasteiger partial charge is 0.247 e. The Bertz CT molecular complexity index is 1010. The van der Waals surface area contributed by atoms with Gasteiger partial charge in [0.2, 0.25) is 0 Å². The number of benzene rings is 3. The van der Waals surface area contributed by atoms with E-state index in [4.69, 9.17) is 16.6 Å². The molecule has 4 rings (SSSR count). The number of aryl methyl sites for hydroxylation is 1. The van der Waals surface area contributed by atoms with E-state index in [1.165, 1.54) is 11.1 Å². The van der Waals surface area contributed by atoms with Crippen LogP contribution in [0.1, 0.15) is 5.56 Å². The van der Waals surface area contributed by atoms with E-state index in [-0.39, 0.29) is 0 Å². The van der Waals surface area contributed by atoms with Gasteiger partial charge in [-0.25, -0.2) is 4.98 Å². The SMILES string of the molecule is Cc1c(-c2ccccc2)c(-c2ccccc2)nc2ccc(Cl)cc12. The molecule has 0 saturated heterocycles. The average molecular weight is 330 g/mol. The zero-order chi connectivity index (χ0) is 16.5. The van der Waals surface area contributed by atoms with Gasteiger partial charge in [0.1, 0.15) is 0 Å². The zero-order valence-electron chi connectivity index (χ0n) is 13.3. The summed E-state index contributed by atoms with van der Waals surface area (Å²) in [5.74, 6) is 0. The van der Waals surface area contributed by atoms with Crippen molar-refractivity contribution in [3.8, 4) is 22.4 Å². The van der Waals surface area contributed by atoms with Gasteiger partial charge in [0.15, 0.2) is 0 Å². The van der Waals surface area contributed by atoms with Gasteiger partial charge in [-0.05, 0) is 36.2 Å². The van der Waals surface area contributed by atoms with Crippen LogP contribution in [-0.4, -0.2) is 4.98 Å². The van der Waals surface area contributed by atoms with Crippen molar-refractivity contribution in [3.63, 3.8) is 0 Å². The van der Waals surface area contributed by atoms with Crippen LogP contribution in [0.4, 0.5) is 0 Å². The first-order valence-corrected chi connectivity index (χ1v) is 8.32. The summed E-state index contributed by atoms with van der Waals surface area (Å²) >= 11 is 6.22. The van der Waals surface area contributed by atoms with E-state index in [2.05, 4.69) is 43.3 Å². The summed E-state index contributed by atoms with van der Waals surface area (Å²) in [6.45, 7) is 2.15. The van der Waals surface area contributed by atoms with Gasteiger partial charge >= 0.3 is 0 Å². The van der Waals surface area contributed by atoms with E-state index < -0.39 is 0 Å². The number of fused-ring (bicyclic) bond motifs is 1. The Hall–Kier alpha value is -2.64. The molecule has 0 aliphatic heterocycles. The molecule has 0 fully saturated rings. The molecule has 1 aromatic heterocycles. The van der Waals surface area contributed by atoms with Crippen LogP contribution in [0.5, 0.6) is 0 Å². The van der Waals surface area contributed by atoms with Gasteiger partial charge in [-0.1, -0.05) is 72.3 Å². The maximum atomic E-state index is 6.22. The first-order valence-electron chi connectivity index (χ1n) is 7.95. The molecule has 2 heteroatoms. The van der Waals surface area contributed by atoms with Crippen LogP contribution in [0.25, 0.3) is 33.3 Å². The fourth-order valence-electron chi connectivity index (χ4n) is 3.16. The summed E-state index contributed by atoms with van der Waals surface area (Å²) in [5.41, 5.74) is 6.63. The Morgan fingerprint density at radius 3 is 2.04 bits per heavy atom. The van der Waals surface area contributed by atoms with Crippen LogP contribution in [0, 0.1) is 6.92 Å². The third kappa shape index (κ3) is 2.57. The van der Waals surface area contributed by atoms with Crippen molar-refractivity contribution in [2.24, 2.45) is 0 Å². The van der Waals surface area contributed by atoms with Crippen molar-refractivity contribution in [2.45, 2.75) is 6.92 Å². The molecule has 0 aliphatic carbocycles. The van der Waals surface area contributed by atoms with E-state index in [9.17, 15) is 0 Å². The average Bonchev–Trinajstić information content (AvgIpc) is 2.63. The lowest BCUT2D eigenvalue weighted by Crippen LogP contribution is -1.95. The molecule has 0 saturated carbocycles. The molecule has 24 heavy (non-hydrogen) atoms. The summed E-state index contributed by atoms with van der Waals surface area (Å²) in [5, 5.41) is 1.83. The molecule has 1 heterocycles. The third-order valence-corrected chi connectivity index (χ3v) is 4.55. The smallest absolute Gasteiger partial charge is 0.0790 e. The lowest BCUT2D eigenvalue weighted by Gasteiger charge is -2.15. The minimum Gasteiger partial charge on any atom is -0.247 e. The summed E-state index contributed by atoms with van der Waals surface area (Å²) in [7, 11) is 0. The predicted molar refractivity (Wildman–Crippen MR) is 102 cm³/mol. The summed E-state index contributed by atoms with van der Waals surface area (Å²) in [6, 6.07) is 26.6. The first kappa shape index (κ1) is 14.9. The third-order valence-electron chi connectivity index (χ3n) is 4.32. The molecule has 0 bridgehead atoms. The van der Waals surface area contributed by atoms with Crippen molar-refractivity contribution >= 4 is 22.5 Å². The lowest BCUT2D eigenvalue weighted by atomic mass is 9.92. The standard InChI is InChI=1S/C22H16ClN/c1-15-19-14-18(23)12-13-20(19)24-22(17-10-6-3-7-11-17)21(15)16-8-4-2-5-9-16/h2-14H,1H3. The van der Waals surface area contributed by atoms with Crippen molar-refractivity contribution in [2.75, 3.05) is 0 Å². The predicted octanol–water partition coefficient (Wildman–Crippen LogP) is 6.53. The second-order valence-corrected chi connectivity index (χ2v) is 6.29. The Kier molecular flexibility index (Phi) is 3.79. The Balaban J connectivity index is 2.12. The van der Waals surface area contributed by atoms with Gasteiger partial charge in [0, 0.05) is 21.5 Å². The van der Waals surface area contributed by atoms with Gasteiger partial charge in [-0.2, -0.15) is 0 Å². The Morgan fingerprint density at radius 1 is 0.750 bits per heavy atom. The highest BCUT2D eigenvalue weighted by Crippen LogP contribution is 2.37. The lowest BCUT2D eigenvalue weighted by molar-refractivity contribution is 1.36. The molecular weight excluding hydrogens is 314 g/mol. The van der Waals surface area contributed by atoms with E-state index in [1.807, 2.05) is 42.5 Å². The van der Waals surface area contributed by atoms with E-state index >= 15 is 0 Å². The topological polar surface area (TPSA) is 12.9 Å². The maximum Gasteiger partial charge on any atom is 0.0790 e. The van der Waals surface area contributed by atoms with Crippen LogP contribution >= 0.6 is 11.6 Å². The van der Waals surface area contributed by atoms with E-state index in [1.54, 1.807) is 0 Å². The number of hydrogen-bond donors (Lipinski definition) is 0. The Labute approximate surface area is 146 Å². The van der Waals surface area contributed by atoms with Crippen molar-refractivity contribution in [1.29, 1.82) is 0 Å². The molecule has 116 valence electrons. The summed E-state index contributed by atoms with van der Waals surface area (Å²) in [6.07, 6.45) is 0. The van der Waals surface area contributed by atoms with Gasteiger partial charge < -0.3 is 0 Å². The molecule has 0 amide bonds. The number of pyridine rings is 1. The quantitative estimate of drug-likeness (QED) is 0.407. The van der Waals surface area contributed by atoms with Gasteiger partial charge in [-0.3, -0.25) is 0 Å². The maximum absolute atomic E-state index is 6.22. The summed E-state index contributed by atoms with van der Waals surface area (Å²) < 4.78 is 0. The first-order chi connectivity index (χ1) is 11.7. The summed E-state index contributed by atoms with van der Waals surface area (Å²) in [4.78, 5) is 4.97.